The van der Waals surface area contributed by atoms with Crippen LogP contribution in [0.5, 0.6) is 0 Å². The number of rotatable bonds is 3. The summed E-state index contributed by atoms with van der Waals surface area (Å²) in [4.78, 5) is 11.5. The summed E-state index contributed by atoms with van der Waals surface area (Å²) in [5, 5.41) is 6.00. The van der Waals surface area contributed by atoms with E-state index in [1.165, 1.54) is 0 Å². The van der Waals surface area contributed by atoms with Gasteiger partial charge in [0, 0.05) is 18.2 Å². The summed E-state index contributed by atoms with van der Waals surface area (Å²) >= 11 is 0. The van der Waals surface area contributed by atoms with Crippen LogP contribution in [0.3, 0.4) is 0 Å². The average Bonchev–Trinajstić information content (AvgIpc) is 2.39. The van der Waals surface area contributed by atoms with E-state index in [1.54, 1.807) is 0 Å². The van der Waals surface area contributed by atoms with Crippen molar-refractivity contribution < 1.29 is 9.53 Å². The van der Waals surface area contributed by atoms with Crippen LogP contribution in [0, 0.1) is 5.92 Å². The fourth-order valence-electron chi connectivity index (χ4n) is 1.94. The van der Waals surface area contributed by atoms with Crippen molar-refractivity contribution in [2.45, 2.75) is 12.8 Å². The minimum absolute atomic E-state index is 0.373. The molecule has 0 aliphatic carbocycles. The lowest BCUT2D eigenvalue weighted by atomic mass is 10.0. The van der Waals surface area contributed by atoms with Gasteiger partial charge in [0.15, 0.2) is 0 Å². The summed E-state index contributed by atoms with van der Waals surface area (Å²) in [7, 11) is 0. The van der Waals surface area contributed by atoms with Crippen molar-refractivity contribution >= 4 is 11.8 Å². The molecule has 0 aromatic heterocycles. The van der Waals surface area contributed by atoms with E-state index in [-0.39, 0.29) is 6.09 Å². The first-order valence-electron chi connectivity index (χ1n) is 6.04. The van der Waals surface area contributed by atoms with Crippen LogP contribution >= 0.6 is 0 Å². The standard InChI is InChI=1S/C13H18N2O2/c16-13(15-12-6-2-1-3-7-12)17-10-11-5-4-8-14-9-11/h1-3,6-7,11,14H,4-5,8-10H2,(H,15,16). The molecular formula is C13H18N2O2. The number of hydrogen-bond acceptors (Lipinski definition) is 3. The van der Waals surface area contributed by atoms with Crippen molar-refractivity contribution in [1.82, 2.24) is 5.32 Å². The molecule has 4 nitrogen and oxygen atoms in total. The van der Waals surface area contributed by atoms with Gasteiger partial charge in [0.05, 0.1) is 6.61 Å². The monoisotopic (exact) mass is 234 g/mol. The van der Waals surface area contributed by atoms with E-state index >= 15 is 0 Å². The van der Waals surface area contributed by atoms with Crippen LogP contribution in [-0.4, -0.2) is 25.8 Å². The van der Waals surface area contributed by atoms with Gasteiger partial charge < -0.3 is 10.1 Å². The van der Waals surface area contributed by atoms with Gasteiger partial charge in [0.1, 0.15) is 0 Å². The summed E-state index contributed by atoms with van der Waals surface area (Å²) in [5.74, 6) is 0.449. The number of hydrogen-bond donors (Lipinski definition) is 2. The molecule has 17 heavy (non-hydrogen) atoms. The molecule has 0 saturated carbocycles. The van der Waals surface area contributed by atoms with Gasteiger partial charge in [-0.2, -0.15) is 0 Å². The van der Waals surface area contributed by atoms with Gasteiger partial charge in [-0.15, -0.1) is 0 Å². The number of benzene rings is 1. The van der Waals surface area contributed by atoms with Gasteiger partial charge in [0.2, 0.25) is 0 Å². The molecule has 0 bridgehead atoms. The fourth-order valence-corrected chi connectivity index (χ4v) is 1.94. The summed E-state index contributed by atoms with van der Waals surface area (Å²) < 4.78 is 5.20. The highest BCUT2D eigenvalue weighted by Gasteiger charge is 2.14. The van der Waals surface area contributed by atoms with Crippen LogP contribution in [0.1, 0.15) is 12.8 Å². The highest BCUT2D eigenvalue weighted by atomic mass is 16.5. The molecule has 1 heterocycles. The lowest BCUT2D eigenvalue weighted by Gasteiger charge is -2.22. The molecule has 1 amide bonds. The first-order chi connectivity index (χ1) is 8.34. The number of ether oxygens (including phenoxy) is 1. The van der Waals surface area contributed by atoms with Crippen LogP contribution in [0.4, 0.5) is 10.5 Å². The third-order valence-electron chi connectivity index (χ3n) is 2.87. The quantitative estimate of drug-likeness (QED) is 0.843. The SMILES string of the molecule is O=C(Nc1ccccc1)OCC1CCCNC1. The predicted octanol–water partition coefficient (Wildman–Crippen LogP) is 2.23. The maximum atomic E-state index is 11.5. The number of carbonyl (C=O) groups excluding carboxylic acids is 1. The van der Waals surface area contributed by atoms with Crippen molar-refractivity contribution in [3.8, 4) is 0 Å². The van der Waals surface area contributed by atoms with Gasteiger partial charge in [-0.1, -0.05) is 18.2 Å². The first kappa shape index (κ1) is 11.9. The Morgan fingerprint density at radius 3 is 2.94 bits per heavy atom. The maximum absolute atomic E-state index is 11.5. The summed E-state index contributed by atoms with van der Waals surface area (Å²) in [6.07, 6.45) is 1.92. The zero-order valence-electron chi connectivity index (χ0n) is 9.82. The Labute approximate surface area is 101 Å². The molecule has 0 spiro atoms. The van der Waals surface area contributed by atoms with E-state index in [0.29, 0.717) is 12.5 Å². The third kappa shape index (κ3) is 4.07. The van der Waals surface area contributed by atoms with Gasteiger partial charge in [-0.3, -0.25) is 5.32 Å². The molecule has 1 aliphatic rings. The maximum Gasteiger partial charge on any atom is 0.411 e. The van der Waals surface area contributed by atoms with Crippen molar-refractivity contribution in [3.63, 3.8) is 0 Å². The Morgan fingerprint density at radius 2 is 2.24 bits per heavy atom. The van der Waals surface area contributed by atoms with Gasteiger partial charge in [0.25, 0.3) is 0 Å². The van der Waals surface area contributed by atoms with E-state index in [4.69, 9.17) is 4.74 Å². The van der Waals surface area contributed by atoms with E-state index in [9.17, 15) is 4.79 Å². The number of carbonyl (C=O) groups is 1. The zero-order valence-corrected chi connectivity index (χ0v) is 9.82. The predicted molar refractivity (Wildman–Crippen MR) is 67.0 cm³/mol. The van der Waals surface area contributed by atoms with Gasteiger partial charge in [-0.25, -0.2) is 4.79 Å². The second-order valence-electron chi connectivity index (χ2n) is 4.30. The molecule has 1 aromatic rings. The molecule has 0 radical (unpaired) electrons. The number of nitrogens with one attached hydrogen (secondary N) is 2. The molecule has 1 aromatic carbocycles. The number of para-hydroxylation sites is 1. The summed E-state index contributed by atoms with van der Waals surface area (Å²) in [6, 6.07) is 9.33. The topological polar surface area (TPSA) is 50.4 Å². The fraction of sp³-hybridized carbons (Fsp3) is 0.462. The van der Waals surface area contributed by atoms with Crippen LogP contribution in [0.25, 0.3) is 0 Å². The van der Waals surface area contributed by atoms with E-state index in [1.807, 2.05) is 30.3 Å². The molecule has 4 heteroatoms. The smallest absolute Gasteiger partial charge is 0.411 e. The van der Waals surface area contributed by atoms with Gasteiger partial charge >= 0.3 is 6.09 Å². The number of piperidine rings is 1. The van der Waals surface area contributed by atoms with E-state index in [0.717, 1.165) is 31.6 Å². The zero-order chi connectivity index (χ0) is 11.9. The van der Waals surface area contributed by atoms with Crippen LogP contribution < -0.4 is 10.6 Å². The number of amides is 1. The molecule has 1 unspecified atom stereocenters. The molecular weight excluding hydrogens is 216 g/mol. The Bertz CT molecular complexity index is 348. The lowest BCUT2D eigenvalue weighted by Crippen LogP contribution is -2.33. The van der Waals surface area contributed by atoms with Crippen molar-refractivity contribution in [2.24, 2.45) is 5.92 Å². The molecule has 1 aliphatic heterocycles. The average molecular weight is 234 g/mol. The Balaban J connectivity index is 1.70. The van der Waals surface area contributed by atoms with Crippen LogP contribution in [-0.2, 0) is 4.74 Å². The largest absolute Gasteiger partial charge is 0.449 e. The molecule has 1 atom stereocenters. The van der Waals surface area contributed by atoms with Crippen molar-refractivity contribution in [3.05, 3.63) is 30.3 Å². The molecule has 1 fully saturated rings. The second-order valence-corrected chi connectivity index (χ2v) is 4.30. The second kappa shape index (κ2) is 6.25. The summed E-state index contributed by atoms with van der Waals surface area (Å²) in [5.41, 5.74) is 0.763. The Hall–Kier alpha value is -1.55. The van der Waals surface area contributed by atoms with Gasteiger partial charge in [-0.05, 0) is 31.5 Å². The van der Waals surface area contributed by atoms with Crippen molar-refractivity contribution in [1.29, 1.82) is 0 Å². The first-order valence-corrected chi connectivity index (χ1v) is 6.04. The normalized spacial score (nSPS) is 19.6. The lowest BCUT2D eigenvalue weighted by molar-refractivity contribution is 0.132. The molecule has 2 N–H and O–H groups in total. The Kier molecular flexibility index (Phi) is 4.38. The van der Waals surface area contributed by atoms with Crippen LogP contribution in [0.2, 0.25) is 0 Å². The summed E-state index contributed by atoms with van der Waals surface area (Å²) in [6.45, 7) is 2.51. The molecule has 2 rings (SSSR count). The number of anilines is 1. The molecule has 1 saturated heterocycles. The highest BCUT2D eigenvalue weighted by Crippen LogP contribution is 2.11. The van der Waals surface area contributed by atoms with E-state index in [2.05, 4.69) is 10.6 Å². The minimum Gasteiger partial charge on any atom is -0.449 e. The van der Waals surface area contributed by atoms with Crippen molar-refractivity contribution in [2.75, 3.05) is 25.0 Å². The molecule has 92 valence electrons. The minimum atomic E-state index is -0.373. The third-order valence-corrected chi connectivity index (χ3v) is 2.87. The highest BCUT2D eigenvalue weighted by molar-refractivity contribution is 5.84. The Morgan fingerprint density at radius 1 is 1.41 bits per heavy atom. The van der Waals surface area contributed by atoms with E-state index < -0.39 is 0 Å². The van der Waals surface area contributed by atoms with Crippen LogP contribution in [0.15, 0.2) is 30.3 Å².